The molecule has 0 spiro atoms. The summed E-state index contributed by atoms with van der Waals surface area (Å²) in [6.07, 6.45) is 0.384. The Morgan fingerprint density at radius 2 is 1.78 bits per heavy atom. The zero-order valence-corrected chi connectivity index (χ0v) is 15.3. The molecule has 1 N–H and O–H groups in total. The van der Waals surface area contributed by atoms with Crippen LogP contribution in [-0.4, -0.2) is 24.0 Å². The first-order valence-electron chi connectivity index (χ1n) is 8.24. The average molecular weight is 385 g/mol. The van der Waals surface area contributed by atoms with Crippen molar-refractivity contribution >= 4 is 39.7 Å². The van der Waals surface area contributed by atoms with Crippen molar-refractivity contribution in [3.63, 3.8) is 0 Å². The number of nitro groups is 1. The quantitative estimate of drug-likeness (QED) is 0.381. The molecule has 0 saturated carbocycles. The molecule has 0 aliphatic rings. The summed E-state index contributed by atoms with van der Waals surface area (Å²) >= 11 is 5.91. The van der Waals surface area contributed by atoms with E-state index in [-0.39, 0.29) is 5.69 Å². The molecule has 3 rings (SSSR count). The first-order valence-corrected chi connectivity index (χ1v) is 8.62. The summed E-state index contributed by atoms with van der Waals surface area (Å²) in [5.41, 5.74) is 1.55. The molecule has 3 aromatic carbocycles. The second kappa shape index (κ2) is 8.05. The number of non-ortho nitro benzene ring substituents is 1. The van der Waals surface area contributed by atoms with Gasteiger partial charge in [-0.2, -0.15) is 0 Å². The summed E-state index contributed by atoms with van der Waals surface area (Å²) in [7, 11) is 1.33. The van der Waals surface area contributed by atoms with Crippen molar-refractivity contribution in [2.24, 2.45) is 0 Å². The van der Waals surface area contributed by atoms with Gasteiger partial charge in [0.15, 0.2) is 0 Å². The van der Waals surface area contributed by atoms with E-state index in [2.05, 4.69) is 5.32 Å². The minimum absolute atomic E-state index is 0.0171. The SMILES string of the molecule is COC(=O)[C@H](Cc1ccc(Cl)cc1)Nc1ccc([N+](=O)[O-])c2ccccc12. The van der Waals surface area contributed by atoms with Gasteiger partial charge in [-0.3, -0.25) is 10.1 Å². The van der Waals surface area contributed by atoms with Crippen LogP contribution >= 0.6 is 11.6 Å². The number of hydrogen-bond donors (Lipinski definition) is 1. The minimum Gasteiger partial charge on any atom is -0.467 e. The summed E-state index contributed by atoms with van der Waals surface area (Å²) < 4.78 is 4.92. The number of nitrogens with one attached hydrogen (secondary N) is 1. The van der Waals surface area contributed by atoms with Crippen molar-refractivity contribution in [2.45, 2.75) is 12.5 Å². The number of fused-ring (bicyclic) bond motifs is 1. The molecule has 0 saturated heterocycles. The molecule has 0 aliphatic heterocycles. The van der Waals surface area contributed by atoms with Gasteiger partial charge in [0, 0.05) is 28.6 Å². The number of benzene rings is 3. The van der Waals surface area contributed by atoms with Crippen LogP contribution in [0.25, 0.3) is 10.8 Å². The van der Waals surface area contributed by atoms with Crippen molar-refractivity contribution in [3.8, 4) is 0 Å². The van der Waals surface area contributed by atoms with E-state index in [1.165, 1.54) is 13.2 Å². The van der Waals surface area contributed by atoms with E-state index in [1.807, 2.05) is 12.1 Å². The van der Waals surface area contributed by atoms with Gasteiger partial charge in [0.2, 0.25) is 0 Å². The zero-order chi connectivity index (χ0) is 19.4. The van der Waals surface area contributed by atoms with Gasteiger partial charge in [-0.15, -0.1) is 0 Å². The monoisotopic (exact) mass is 384 g/mol. The Balaban J connectivity index is 1.96. The lowest BCUT2D eigenvalue weighted by atomic mass is 10.0. The molecule has 0 heterocycles. The molecule has 0 fully saturated rings. The molecule has 0 aliphatic carbocycles. The summed E-state index contributed by atoms with van der Waals surface area (Å²) in [6.45, 7) is 0. The molecule has 0 aromatic heterocycles. The van der Waals surface area contributed by atoms with Crippen LogP contribution in [0.5, 0.6) is 0 Å². The Bertz CT molecular complexity index is 989. The molecular weight excluding hydrogens is 368 g/mol. The van der Waals surface area contributed by atoms with E-state index in [0.29, 0.717) is 27.9 Å². The molecule has 0 unspecified atom stereocenters. The standard InChI is InChI=1S/C20H17ClN2O4/c1-27-20(24)18(12-13-6-8-14(21)9-7-13)22-17-10-11-19(23(25)26)16-5-3-2-4-15(16)17/h2-11,18,22H,12H2,1H3/t18-/m0/s1. The first kappa shape index (κ1) is 18.7. The number of nitrogens with zero attached hydrogens (tertiary/aromatic N) is 1. The second-order valence-electron chi connectivity index (χ2n) is 5.99. The van der Waals surface area contributed by atoms with E-state index in [4.69, 9.17) is 16.3 Å². The van der Waals surface area contributed by atoms with Gasteiger partial charge in [0.25, 0.3) is 5.69 Å². The van der Waals surface area contributed by atoms with Crippen LogP contribution in [0.2, 0.25) is 5.02 Å². The Labute approximate surface area is 160 Å². The Hall–Kier alpha value is -3.12. The second-order valence-corrected chi connectivity index (χ2v) is 6.42. The minimum atomic E-state index is -0.652. The molecule has 1 atom stereocenters. The highest BCUT2D eigenvalue weighted by Crippen LogP contribution is 2.32. The lowest BCUT2D eigenvalue weighted by Crippen LogP contribution is -2.32. The van der Waals surface area contributed by atoms with Crippen LogP contribution in [0.1, 0.15) is 5.56 Å². The van der Waals surface area contributed by atoms with Crippen molar-refractivity contribution in [1.29, 1.82) is 0 Å². The number of carbonyl (C=O) groups excluding carboxylic acids is 1. The van der Waals surface area contributed by atoms with Crippen LogP contribution in [0, 0.1) is 10.1 Å². The van der Waals surface area contributed by atoms with Gasteiger partial charge in [0.05, 0.1) is 17.4 Å². The third-order valence-corrected chi connectivity index (χ3v) is 4.52. The lowest BCUT2D eigenvalue weighted by molar-refractivity contribution is -0.383. The number of methoxy groups -OCH3 is 1. The van der Waals surface area contributed by atoms with E-state index >= 15 is 0 Å². The fraction of sp³-hybridized carbons (Fsp3) is 0.150. The molecule has 0 radical (unpaired) electrons. The smallest absolute Gasteiger partial charge is 0.328 e. The average Bonchev–Trinajstić information content (AvgIpc) is 2.68. The molecule has 7 heteroatoms. The number of nitro benzene ring substituents is 1. The molecule has 6 nitrogen and oxygen atoms in total. The molecule has 0 amide bonds. The van der Waals surface area contributed by atoms with Gasteiger partial charge < -0.3 is 10.1 Å². The normalized spacial score (nSPS) is 11.8. The van der Waals surface area contributed by atoms with Gasteiger partial charge in [-0.05, 0) is 29.8 Å². The van der Waals surface area contributed by atoms with Crippen molar-refractivity contribution in [1.82, 2.24) is 0 Å². The molecular formula is C20H17ClN2O4. The van der Waals surface area contributed by atoms with E-state index in [1.54, 1.807) is 42.5 Å². The van der Waals surface area contributed by atoms with Crippen molar-refractivity contribution in [2.75, 3.05) is 12.4 Å². The summed E-state index contributed by atoms with van der Waals surface area (Å²) in [5.74, 6) is -0.424. The van der Waals surface area contributed by atoms with E-state index < -0.39 is 16.9 Å². The summed E-state index contributed by atoms with van der Waals surface area (Å²) in [6, 6.07) is 16.6. The Morgan fingerprint density at radius 1 is 1.11 bits per heavy atom. The maximum absolute atomic E-state index is 12.3. The van der Waals surface area contributed by atoms with Crippen LogP contribution in [0.15, 0.2) is 60.7 Å². The van der Waals surface area contributed by atoms with Gasteiger partial charge in [0.1, 0.15) is 6.04 Å². The highest BCUT2D eigenvalue weighted by molar-refractivity contribution is 6.30. The number of esters is 1. The topological polar surface area (TPSA) is 81.5 Å². The highest BCUT2D eigenvalue weighted by Gasteiger charge is 2.22. The number of carbonyl (C=O) groups is 1. The summed E-state index contributed by atoms with van der Waals surface area (Å²) in [4.78, 5) is 23.1. The van der Waals surface area contributed by atoms with Crippen molar-refractivity contribution < 1.29 is 14.5 Å². The fourth-order valence-electron chi connectivity index (χ4n) is 2.95. The lowest BCUT2D eigenvalue weighted by Gasteiger charge is -2.19. The van der Waals surface area contributed by atoms with E-state index in [9.17, 15) is 14.9 Å². The largest absolute Gasteiger partial charge is 0.467 e. The Morgan fingerprint density at radius 3 is 2.41 bits per heavy atom. The van der Waals surface area contributed by atoms with Crippen LogP contribution in [-0.2, 0) is 16.0 Å². The number of hydrogen-bond acceptors (Lipinski definition) is 5. The third kappa shape index (κ3) is 4.17. The number of ether oxygens (including phenoxy) is 1. The predicted octanol–water partition coefficient (Wildman–Crippen LogP) is 4.60. The maximum atomic E-state index is 12.3. The predicted molar refractivity (Wildman–Crippen MR) is 105 cm³/mol. The first-order chi connectivity index (χ1) is 13.0. The molecule has 27 heavy (non-hydrogen) atoms. The van der Waals surface area contributed by atoms with Gasteiger partial charge in [-0.25, -0.2) is 4.79 Å². The molecule has 138 valence electrons. The molecule has 3 aromatic rings. The Kier molecular flexibility index (Phi) is 5.57. The third-order valence-electron chi connectivity index (χ3n) is 4.27. The number of anilines is 1. The van der Waals surface area contributed by atoms with Gasteiger partial charge >= 0.3 is 5.97 Å². The fourth-order valence-corrected chi connectivity index (χ4v) is 3.07. The van der Waals surface area contributed by atoms with Crippen LogP contribution in [0.3, 0.4) is 0 Å². The van der Waals surface area contributed by atoms with Crippen molar-refractivity contribution in [3.05, 3.63) is 81.4 Å². The number of rotatable bonds is 6. The summed E-state index contributed by atoms with van der Waals surface area (Å²) in [5, 5.41) is 16.2. The van der Waals surface area contributed by atoms with Gasteiger partial charge in [-0.1, -0.05) is 41.9 Å². The molecule has 0 bridgehead atoms. The zero-order valence-electron chi connectivity index (χ0n) is 14.5. The number of halogens is 1. The van der Waals surface area contributed by atoms with Crippen LogP contribution < -0.4 is 5.32 Å². The maximum Gasteiger partial charge on any atom is 0.328 e. The van der Waals surface area contributed by atoms with Crippen LogP contribution in [0.4, 0.5) is 11.4 Å². The van der Waals surface area contributed by atoms with E-state index in [0.717, 1.165) is 5.56 Å². The highest BCUT2D eigenvalue weighted by atomic mass is 35.5.